The Labute approximate surface area is 160 Å². The first-order chi connectivity index (χ1) is 13.5. The van der Waals surface area contributed by atoms with Crippen molar-refractivity contribution in [3.05, 3.63) is 66.0 Å². The van der Waals surface area contributed by atoms with Crippen LogP contribution in [0.4, 0.5) is 0 Å². The molecule has 2 aromatic carbocycles. The molecule has 0 saturated heterocycles. The number of aromatic nitrogens is 1. The quantitative estimate of drug-likeness (QED) is 0.589. The predicted octanol–water partition coefficient (Wildman–Crippen LogP) is 2.19. The molecule has 0 bridgehead atoms. The third-order valence-electron chi connectivity index (χ3n) is 3.75. The van der Waals surface area contributed by atoms with Crippen molar-refractivity contribution in [2.75, 3.05) is 13.2 Å². The van der Waals surface area contributed by atoms with Crippen LogP contribution in [0, 0.1) is 11.8 Å². The van der Waals surface area contributed by atoms with E-state index in [1.54, 1.807) is 0 Å². The van der Waals surface area contributed by atoms with Crippen LogP contribution < -0.4 is 10.1 Å². The summed E-state index contributed by atoms with van der Waals surface area (Å²) in [7, 11) is 0. The summed E-state index contributed by atoms with van der Waals surface area (Å²) in [5, 5.41) is 22.8. The molecule has 0 unspecified atom stereocenters. The fraction of sp³-hybridized carbons (Fsp3) is 0.0952. The highest BCUT2D eigenvalue weighted by atomic mass is 16.5. The summed E-state index contributed by atoms with van der Waals surface area (Å²) in [4.78, 5) is 26.0. The fourth-order valence-electron chi connectivity index (χ4n) is 2.45. The SMILES string of the molecule is O=C(O)CNC(=O)c1ncc(C#CCOc2ccc3ccccc3c2)cc1O. The predicted molar refractivity (Wildman–Crippen MR) is 102 cm³/mol. The molecule has 3 rings (SSSR count). The third-order valence-corrected chi connectivity index (χ3v) is 3.75. The van der Waals surface area contributed by atoms with Crippen molar-refractivity contribution in [2.24, 2.45) is 0 Å². The zero-order chi connectivity index (χ0) is 19.9. The van der Waals surface area contributed by atoms with Gasteiger partial charge < -0.3 is 20.3 Å². The molecule has 3 N–H and O–H groups in total. The van der Waals surface area contributed by atoms with E-state index in [2.05, 4.69) is 22.1 Å². The zero-order valence-electron chi connectivity index (χ0n) is 14.7. The van der Waals surface area contributed by atoms with Crippen molar-refractivity contribution in [1.82, 2.24) is 10.3 Å². The highest BCUT2D eigenvalue weighted by Gasteiger charge is 2.13. The zero-order valence-corrected chi connectivity index (χ0v) is 14.7. The van der Waals surface area contributed by atoms with Crippen LogP contribution in [0.3, 0.4) is 0 Å². The summed E-state index contributed by atoms with van der Waals surface area (Å²) in [6.45, 7) is -0.423. The van der Waals surface area contributed by atoms with Gasteiger partial charge in [-0.3, -0.25) is 9.59 Å². The Morgan fingerprint density at radius 1 is 1.11 bits per heavy atom. The molecule has 0 radical (unpaired) electrons. The minimum atomic E-state index is -1.19. The second-order valence-electron chi connectivity index (χ2n) is 5.77. The van der Waals surface area contributed by atoms with E-state index in [0.717, 1.165) is 10.8 Å². The summed E-state index contributed by atoms with van der Waals surface area (Å²) in [6, 6.07) is 15.0. The van der Waals surface area contributed by atoms with Crippen LogP contribution in [-0.4, -0.2) is 40.2 Å². The van der Waals surface area contributed by atoms with Crippen molar-refractivity contribution in [3.8, 4) is 23.3 Å². The lowest BCUT2D eigenvalue weighted by Crippen LogP contribution is -2.29. The maximum atomic E-state index is 11.7. The molecule has 1 aromatic heterocycles. The largest absolute Gasteiger partial charge is 0.505 e. The van der Waals surface area contributed by atoms with Crippen LogP contribution >= 0.6 is 0 Å². The number of rotatable bonds is 5. The van der Waals surface area contributed by atoms with Crippen molar-refractivity contribution in [3.63, 3.8) is 0 Å². The van der Waals surface area contributed by atoms with Crippen LogP contribution in [0.5, 0.6) is 11.5 Å². The van der Waals surface area contributed by atoms with Gasteiger partial charge in [-0.05, 0) is 29.0 Å². The maximum absolute atomic E-state index is 11.7. The Balaban J connectivity index is 1.61. The van der Waals surface area contributed by atoms with Crippen LogP contribution in [0.25, 0.3) is 10.8 Å². The van der Waals surface area contributed by atoms with Gasteiger partial charge in [-0.15, -0.1) is 0 Å². The minimum absolute atomic E-state index is 0.139. The Kier molecular flexibility index (Phi) is 5.72. The van der Waals surface area contributed by atoms with E-state index in [1.165, 1.54) is 12.3 Å². The molecule has 0 spiro atoms. The van der Waals surface area contributed by atoms with Crippen LogP contribution in [-0.2, 0) is 4.79 Å². The molecular weight excluding hydrogens is 360 g/mol. The first kappa shape index (κ1) is 18.7. The van der Waals surface area contributed by atoms with Gasteiger partial charge in [-0.25, -0.2) is 4.98 Å². The monoisotopic (exact) mass is 376 g/mol. The fourth-order valence-corrected chi connectivity index (χ4v) is 2.45. The number of benzene rings is 2. The molecule has 0 saturated carbocycles. The minimum Gasteiger partial charge on any atom is -0.505 e. The number of aromatic hydroxyl groups is 1. The molecule has 7 nitrogen and oxygen atoms in total. The van der Waals surface area contributed by atoms with Gasteiger partial charge in [0.2, 0.25) is 0 Å². The number of nitrogens with one attached hydrogen (secondary N) is 1. The van der Waals surface area contributed by atoms with E-state index in [9.17, 15) is 14.7 Å². The van der Waals surface area contributed by atoms with Crippen LogP contribution in [0.15, 0.2) is 54.7 Å². The smallest absolute Gasteiger partial charge is 0.322 e. The number of amides is 1. The summed E-state index contributed by atoms with van der Waals surface area (Å²) >= 11 is 0. The van der Waals surface area contributed by atoms with Crippen LogP contribution in [0.1, 0.15) is 16.1 Å². The van der Waals surface area contributed by atoms with E-state index in [4.69, 9.17) is 9.84 Å². The molecule has 1 heterocycles. The van der Waals surface area contributed by atoms with Gasteiger partial charge in [0.15, 0.2) is 5.69 Å². The number of hydrogen-bond donors (Lipinski definition) is 3. The van der Waals surface area contributed by atoms with Crippen molar-refractivity contribution in [1.29, 1.82) is 0 Å². The first-order valence-electron chi connectivity index (χ1n) is 8.32. The number of ether oxygens (including phenoxy) is 1. The average molecular weight is 376 g/mol. The Hall–Kier alpha value is -4.05. The molecule has 7 heteroatoms. The topological polar surface area (TPSA) is 109 Å². The van der Waals surface area contributed by atoms with Crippen molar-refractivity contribution >= 4 is 22.6 Å². The summed E-state index contributed by atoms with van der Waals surface area (Å²) in [5.74, 6) is 3.94. The molecule has 140 valence electrons. The van der Waals surface area contributed by atoms with E-state index in [-0.39, 0.29) is 18.1 Å². The number of carbonyl (C=O) groups is 2. The number of hydrogen-bond acceptors (Lipinski definition) is 5. The van der Waals surface area contributed by atoms with Gasteiger partial charge in [0.05, 0.1) is 0 Å². The summed E-state index contributed by atoms with van der Waals surface area (Å²) < 4.78 is 5.61. The highest BCUT2D eigenvalue weighted by Crippen LogP contribution is 2.20. The van der Waals surface area contributed by atoms with E-state index in [1.807, 2.05) is 42.5 Å². The first-order valence-corrected chi connectivity index (χ1v) is 8.32. The number of carboxylic acids is 1. The van der Waals surface area contributed by atoms with Gasteiger partial charge in [0.25, 0.3) is 5.91 Å². The Bertz CT molecular complexity index is 1100. The second-order valence-corrected chi connectivity index (χ2v) is 5.77. The number of carboxylic acid groups (broad SMARTS) is 1. The van der Waals surface area contributed by atoms with E-state index in [0.29, 0.717) is 11.3 Å². The lowest BCUT2D eigenvalue weighted by Gasteiger charge is -2.04. The van der Waals surface area contributed by atoms with Gasteiger partial charge >= 0.3 is 5.97 Å². The molecule has 1 amide bonds. The molecule has 0 aliphatic heterocycles. The Morgan fingerprint density at radius 3 is 2.64 bits per heavy atom. The molecular formula is C21H16N2O5. The standard InChI is InChI=1S/C21H16N2O5/c24-18-10-14(12-22-20(18)21(27)23-13-19(25)26)4-3-9-28-17-8-7-15-5-1-2-6-16(15)11-17/h1-2,5-8,10-12,24H,9,13H2,(H,23,27)(H,25,26). The highest BCUT2D eigenvalue weighted by molar-refractivity contribution is 5.96. The Morgan fingerprint density at radius 2 is 1.89 bits per heavy atom. The van der Waals surface area contributed by atoms with Crippen molar-refractivity contribution < 1.29 is 24.5 Å². The number of nitrogens with zero attached hydrogens (tertiary/aromatic N) is 1. The normalized spacial score (nSPS) is 10.0. The number of pyridine rings is 1. The third kappa shape index (κ3) is 4.77. The number of carbonyl (C=O) groups excluding carboxylic acids is 1. The lowest BCUT2D eigenvalue weighted by molar-refractivity contribution is -0.135. The van der Waals surface area contributed by atoms with Gasteiger partial charge in [0, 0.05) is 11.8 Å². The molecule has 0 fully saturated rings. The van der Waals surface area contributed by atoms with Gasteiger partial charge in [-0.1, -0.05) is 42.2 Å². The van der Waals surface area contributed by atoms with E-state index < -0.39 is 18.4 Å². The van der Waals surface area contributed by atoms with Crippen LogP contribution in [0.2, 0.25) is 0 Å². The number of aliphatic carboxylic acids is 1. The lowest BCUT2D eigenvalue weighted by atomic mass is 10.1. The van der Waals surface area contributed by atoms with Crippen molar-refractivity contribution in [2.45, 2.75) is 0 Å². The average Bonchev–Trinajstić information content (AvgIpc) is 2.69. The molecule has 28 heavy (non-hydrogen) atoms. The molecule has 0 atom stereocenters. The van der Waals surface area contributed by atoms with Gasteiger partial charge in [0.1, 0.15) is 24.7 Å². The molecule has 3 aromatic rings. The maximum Gasteiger partial charge on any atom is 0.322 e. The van der Waals surface area contributed by atoms with Gasteiger partial charge in [-0.2, -0.15) is 0 Å². The summed E-state index contributed by atoms with van der Waals surface area (Å²) in [5.41, 5.74) is 0.133. The summed E-state index contributed by atoms with van der Waals surface area (Å²) in [6.07, 6.45) is 1.32. The second kappa shape index (κ2) is 8.56. The number of fused-ring (bicyclic) bond motifs is 1. The van der Waals surface area contributed by atoms with E-state index >= 15 is 0 Å². The molecule has 0 aliphatic carbocycles. The molecule has 0 aliphatic rings.